The lowest BCUT2D eigenvalue weighted by atomic mass is 10.1. The number of pyridine rings is 1. The van der Waals surface area contributed by atoms with Crippen LogP contribution < -0.4 is 0 Å². The summed E-state index contributed by atoms with van der Waals surface area (Å²) in [6.07, 6.45) is 9.75. The smallest absolute Gasteiger partial charge is 0.137 e. The summed E-state index contributed by atoms with van der Waals surface area (Å²) in [6, 6.07) is 22.8. The molecule has 0 unspecified atom stereocenters. The van der Waals surface area contributed by atoms with Gasteiger partial charge in [-0.05, 0) is 29.3 Å². The number of para-hydroxylation sites is 1. The average molecular weight is 336 g/mol. The molecule has 3 heterocycles. The summed E-state index contributed by atoms with van der Waals surface area (Å²) in [5.41, 5.74) is 6.39. The average Bonchev–Trinajstić information content (AvgIpc) is 3.38. The maximum absolute atomic E-state index is 4.82. The Labute approximate surface area is 151 Å². The molecule has 124 valence electrons. The van der Waals surface area contributed by atoms with Crippen LogP contribution in [-0.4, -0.2) is 18.9 Å². The summed E-state index contributed by atoms with van der Waals surface area (Å²) in [6.45, 7) is 0. The molecule has 5 aromatic rings. The molecule has 0 spiro atoms. The van der Waals surface area contributed by atoms with E-state index in [1.165, 1.54) is 11.1 Å². The van der Waals surface area contributed by atoms with Crippen LogP contribution in [0, 0.1) is 0 Å². The molecule has 4 heteroatoms. The number of hydrogen-bond acceptors (Lipinski definition) is 2. The van der Waals surface area contributed by atoms with E-state index in [0.29, 0.717) is 0 Å². The molecule has 3 aromatic heterocycles. The molecule has 0 aliphatic carbocycles. The van der Waals surface area contributed by atoms with E-state index in [2.05, 4.69) is 70.3 Å². The standard InChI is InChI=1S/C22H16N4/c1-2-6-17(7-3-1)18-10-11-22-24-20(15-26(22)14-18)19-8-4-5-9-21(19)25-13-12-23-16-25/h1-16H. The van der Waals surface area contributed by atoms with Crippen molar-refractivity contribution in [1.29, 1.82) is 0 Å². The highest BCUT2D eigenvalue weighted by atomic mass is 15.0. The van der Waals surface area contributed by atoms with Crippen LogP contribution in [0.15, 0.2) is 97.8 Å². The zero-order chi connectivity index (χ0) is 17.3. The van der Waals surface area contributed by atoms with E-state index >= 15 is 0 Å². The minimum Gasteiger partial charge on any atom is -0.306 e. The molecule has 4 nitrogen and oxygen atoms in total. The lowest BCUT2D eigenvalue weighted by molar-refractivity contribution is 1.06. The van der Waals surface area contributed by atoms with Crippen LogP contribution in [0.2, 0.25) is 0 Å². The van der Waals surface area contributed by atoms with Crippen LogP contribution in [0.5, 0.6) is 0 Å². The predicted molar refractivity (Wildman–Crippen MR) is 103 cm³/mol. The molecule has 0 fully saturated rings. The molecule has 0 aliphatic heterocycles. The summed E-state index contributed by atoms with van der Waals surface area (Å²) in [5.74, 6) is 0. The van der Waals surface area contributed by atoms with Crippen molar-refractivity contribution in [2.45, 2.75) is 0 Å². The summed E-state index contributed by atoms with van der Waals surface area (Å²) >= 11 is 0. The van der Waals surface area contributed by atoms with Crippen molar-refractivity contribution in [3.05, 3.63) is 97.8 Å². The van der Waals surface area contributed by atoms with Gasteiger partial charge in [-0.15, -0.1) is 0 Å². The van der Waals surface area contributed by atoms with Gasteiger partial charge in [0, 0.05) is 30.4 Å². The largest absolute Gasteiger partial charge is 0.306 e. The number of fused-ring (bicyclic) bond motifs is 1. The zero-order valence-corrected chi connectivity index (χ0v) is 14.0. The third kappa shape index (κ3) is 2.48. The summed E-state index contributed by atoms with van der Waals surface area (Å²) in [4.78, 5) is 8.98. The van der Waals surface area contributed by atoms with Gasteiger partial charge in [-0.1, -0.05) is 48.5 Å². The molecule has 0 atom stereocenters. The Balaban J connectivity index is 1.63. The first-order valence-corrected chi connectivity index (χ1v) is 8.50. The second kappa shape index (κ2) is 6.01. The Bertz CT molecular complexity index is 1170. The second-order valence-electron chi connectivity index (χ2n) is 6.16. The van der Waals surface area contributed by atoms with Crippen LogP contribution in [-0.2, 0) is 0 Å². The first kappa shape index (κ1) is 14.7. The third-order valence-electron chi connectivity index (χ3n) is 4.52. The summed E-state index contributed by atoms with van der Waals surface area (Å²) in [5, 5.41) is 0. The number of hydrogen-bond donors (Lipinski definition) is 0. The lowest BCUT2D eigenvalue weighted by Crippen LogP contribution is -1.93. The zero-order valence-electron chi connectivity index (χ0n) is 14.0. The molecule has 0 saturated carbocycles. The van der Waals surface area contributed by atoms with Crippen molar-refractivity contribution < 1.29 is 0 Å². The van der Waals surface area contributed by atoms with Crippen LogP contribution >= 0.6 is 0 Å². The predicted octanol–water partition coefficient (Wildman–Crippen LogP) is 4.85. The lowest BCUT2D eigenvalue weighted by Gasteiger charge is -2.07. The van der Waals surface area contributed by atoms with Gasteiger partial charge < -0.3 is 8.97 Å². The maximum Gasteiger partial charge on any atom is 0.137 e. The maximum atomic E-state index is 4.82. The van der Waals surface area contributed by atoms with Gasteiger partial charge in [-0.2, -0.15) is 0 Å². The van der Waals surface area contributed by atoms with Crippen molar-refractivity contribution in [1.82, 2.24) is 18.9 Å². The molecule has 0 bridgehead atoms. The minimum absolute atomic E-state index is 0.931. The Morgan fingerprint density at radius 3 is 2.42 bits per heavy atom. The molecular weight excluding hydrogens is 320 g/mol. The number of rotatable bonds is 3. The van der Waals surface area contributed by atoms with E-state index in [4.69, 9.17) is 4.98 Å². The highest BCUT2D eigenvalue weighted by Crippen LogP contribution is 2.27. The van der Waals surface area contributed by atoms with Gasteiger partial charge in [0.1, 0.15) is 5.65 Å². The molecule has 5 rings (SSSR count). The van der Waals surface area contributed by atoms with Crippen molar-refractivity contribution in [2.75, 3.05) is 0 Å². The van der Waals surface area contributed by atoms with E-state index in [9.17, 15) is 0 Å². The third-order valence-corrected chi connectivity index (χ3v) is 4.52. The Morgan fingerprint density at radius 1 is 0.731 bits per heavy atom. The van der Waals surface area contributed by atoms with E-state index in [0.717, 1.165) is 22.6 Å². The first-order valence-electron chi connectivity index (χ1n) is 8.50. The molecule has 26 heavy (non-hydrogen) atoms. The van der Waals surface area contributed by atoms with Gasteiger partial charge in [0.05, 0.1) is 17.7 Å². The van der Waals surface area contributed by atoms with Gasteiger partial charge >= 0.3 is 0 Å². The molecular formula is C22H16N4. The van der Waals surface area contributed by atoms with Crippen molar-refractivity contribution in [3.8, 4) is 28.1 Å². The normalized spacial score (nSPS) is 11.1. The van der Waals surface area contributed by atoms with Crippen molar-refractivity contribution >= 4 is 5.65 Å². The minimum atomic E-state index is 0.931. The molecule has 2 aromatic carbocycles. The first-order chi connectivity index (χ1) is 12.9. The summed E-state index contributed by atoms with van der Waals surface area (Å²) in [7, 11) is 0. The number of imidazole rings is 2. The SMILES string of the molecule is c1ccc(-c2ccc3nc(-c4ccccc4-n4ccnc4)cn3c2)cc1. The van der Waals surface area contributed by atoms with Gasteiger partial charge in [0.25, 0.3) is 0 Å². The topological polar surface area (TPSA) is 35.1 Å². The number of aromatic nitrogens is 4. The Hall–Kier alpha value is -3.66. The van der Waals surface area contributed by atoms with Gasteiger partial charge in [-0.3, -0.25) is 0 Å². The van der Waals surface area contributed by atoms with Gasteiger partial charge in [0.15, 0.2) is 0 Å². The van der Waals surface area contributed by atoms with Gasteiger partial charge in [-0.25, -0.2) is 9.97 Å². The fourth-order valence-electron chi connectivity index (χ4n) is 3.24. The molecule has 0 radical (unpaired) electrons. The second-order valence-corrected chi connectivity index (χ2v) is 6.16. The monoisotopic (exact) mass is 336 g/mol. The van der Waals surface area contributed by atoms with Crippen LogP contribution in [0.1, 0.15) is 0 Å². The van der Waals surface area contributed by atoms with E-state index in [1.54, 1.807) is 6.20 Å². The van der Waals surface area contributed by atoms with Gasteiger partial charge in [0.2, 0.25) is 0 Å². The van der Waals surface area contributed by atoms with E-state index < -0.39 is 0 Å². The van der Waals surface area contributed by atoms with Crippen LogP contribution in [0.25, 0.3) is 33.7 Å². The number of nitrogens with zero attached hydrogens (tertiary/aromatic N) is 4. The highest BCUT2D eigenvalue weighted by Gasteiger charge is 2.10. The molecule has 0 aliphatic rings. The van der Waals surface area contributed by atoms with Crippen molar-refractivity contribution in [3.63, 3.8) is 0 Å². The Kier molecular flexibility index (Phi) is 3.39. The highest BCUT2D eigenvalue weighted by molar-refractivity contribution is 5.73. The van der Waals surface area contributed by atoms with Crippen LogP contribution in [0.3, 0.4) is 0 Å². The quantitative estimate of drug-likeness (QED) is 0.472. The van der Waals surface area contributed by atoms with E-state index in [1.807, 2.05) is 35.3 Å². The van der Waals surface area contributed by atoms with Crippen molar-refractivity contribution in [2.24, 2.45) is 0 Å². The fourth-order valence-corrected chi connectivity index (χ4v) is 3.24. The van der Waals surface area contributed by atoms with E-state index in [-0.39, 0.29) is 0 Å². The Morgan fingerprint density at radius 2 is 1.58 bits per heavy atom. The number of benzene rings is 2. The molecule has 0 amide bonds. The molecule has 0 N–H and O–H groups in total. The summed E-state index contributed by atoms with van der Waals surface area (Å²) < 4.78 is 4.09. The fraction of sp³-hybridized carbons (Fsp3) is 0. The molecule has 0 saturated heterocycles. The van der Waals surface area contributed by atoms with Crippen LogP contribution in [0.4, 0.5) is 0 Å².